The van der Waals surface area contributed by atoms with Crippen molar-refractivity contribution in [3.63, 3.8) is 0 Å². The number of Topliss-reactive ketones (excluding diaryl/α,β-unsaturated/α-hetero) is 1. The summed E-state index contributed by atoms with van der Waals surface area (Å²) in [7, 11) is 0. The number of anilines is 1. The number of carbonyl (C=O) groups excluding carboxylic acids is 1. The lowest BCUT2D eigenvalue weighted by atomic mass is 9.81. The van der Waals surface area contributed by atoms with E-state index in [4.69, 9.17) is 28.9 Å². The van der Waals surface area contributed by atoms with Crippen molar-refractivity contribution in [3.05, 3.63) is 58.2 Å². The molecule has 2 aliphatic carbocycles. The highest BCUT2D eigenvalue weighted by Gasteiger charge is 2.34. The van der Waals surface area contributed by atoms with Crippen molar-refractivity contribution in [1.29, 1.82) is 0 Å². The van der Waals surface area contributed by atoms with Gasteiger partial charge in [0, 0.05) is 39.1 Å². The summed E-state index contributed by atoms with van der Waals surface area (Å²) in [6.07, 6.45) is 7.57. The van der Waals surface area contributed by atoms with E-state index in [0.29, 0.717) is 15.6 Å². The van der Waals surface area contributed by atoms with Gasteiger partial charge in [0.25, 0.3) is 0 Å². The van der Waals surface area contributed by atoms with Gasteiger partial charge < -0.3 is 11.1 Å². The van der Waals surface area contributed by atoms with Crippen molar-refractivity contribution in [2.45, 2.75) is 57.0 Å². The summed E-state index contributed by atoms with van der Waals surface area (Å²) >= 11 is 12.5. The third-order valence-corrected chi connectivity index (χ3v) is 7.19. The Morgan fingerprint density at radius 2 is 1.72 bits per heavy atom. The van der Waals surface area contributed by atoms with E-state index in [1.54, 1.807) is 12.3 Å². The van der Waals surface area contributed by atoms with E-state index in [1.807, 2.05) is 24.3 Å². The minimum absolute atomic E-state index is 0.107. The monoisotopic (exact) mass is 467 g/mol. The van der Waals surface area contributed by atoms with E-state index in [0.717, 1.165) is 66.2 Å². The molecule has 0 spiro atoms. The summed E-state index contributed by atoms with van der Waals surface area (Å²) in [5.41, 5.74) is 10.6. The Hall–Kier alpha value is -2.14. The number of rotatable bonds is 5. The second kappa shape index (κ2) is 8.33. The molecule has 2 aromatic carbocycles. The van der Waals surface area contributed by atoms with Crippen LogP contribution in [0.2, 0.25) is 10.0 Å². The highest BCUT2D eigenvalue weighted by molar-refractivity contribution is 6.35. The topological polar surface area (TPSA) is 68.0 Å². The number of hydrogen-bond acceptors (Lipinski definition) is 4. The van der Waals surface area contributed by atoms with Gasteiger partial charge in [-0.25, -0.2) is 0 Å². The minimum atomic E-state index is -0.107. The molecule has 3 N–H and O–H groups in total. The molecular weight excluding hydrogens is 441 g/mol. The van der Waals surface area contributed by atoms with Crippen molar-refractivity contribution in [2.24, 2.45) is 11.7 Å². The molecule has 0 amide bonds. The molecule has 0 unspecified atom stereocenters. The van der Waals surface area contributed by atoms with Crippen molar-refractivity contribution in [3.8, 4) is 11.1 Å². The third-order valence-electron chi connectivity index (χ3n) is 6.75. The average molecular weight is 468 g/mol. The quantitative estimate of drug-likeness (QED) is 0.401. The van der Waals surface area contributed by atoms with Gasteiger partial charge in [0.1, 0.15) is 0 Å². The van der Waals surface area contributed by atoms with Crippen LogP contribution in [-0.2, 0) is 0 Å². The zero-order chi connectivity index (χ0) is 22.5. The summed E-state index contributed by atoms with van der Waals surface area (Å²) < 4.78 is 0. The van der Waals surface area contributed by atoms with E-state index in [-0.39, 0.29) is 23.3 Å². The van der Waals surface area contributed by atoms with Crippen LogP contribution in [0.3, 0.4) is 0 Å². The van der Waals surface area contributed by atoms with E-state index in [2.05, 4.69) is 23.3 Å². The van der Waals surface area contributed by atoms with Crippen LogP contribution in [0.5, 0.6) is 0 Å². The number of aromatic nitrogens is 1. The van der Waals surface area contributed by atoms with E-state index in [9.17, 15) is 4.79 Å². The van der Waals surface area contributed by atoms with Crippen LogP contribution in [0.15, 0.2) is 42.6 Å². The van der Waals surface area contributed by atoms with Crippen LogP contribution < -0.4 is 11.1 Å². The molecule has 0 radical (unpaired) electrons. The number of nitrogens with zero attached hydrogens (tertiary/aromatic N) is 1. The first-order valence-corrected chi connectivity index (χ1v) is 12.0. The third kappa shape index (κ3) is 4.50. The average Bonchev–Trinajstić information content (AvgIpc) is 3.59. The minimum Gasteiger partial charge on any atom is -0.381 e. The Morgan fingerprint density at radius 3 is 2.38 bits per heavy atom. The summed E-state index contributed by atoms with van der Waals surface area (Å²) in [6.45, 7) is 2.12. The molecule has 3 aromatic rings. The largest absolute Gasteiger partial charge is 0.381 e. The number of fused-ring (bicyclic) bond motifs is 1. The maximum absolute atomic E-state index is 13.1. The Bertz CT molecular complexity index is 1170. The molecular formula is C26H27Cl2N3O. The van der Waals surface area contributed by atoms with Crippen LogP contribution in [0.4, 0.5) is 5.69 Å². The lowest BCUT2D eigenvalue weighted by Crippen LogP contribution is -2.43. The van der Waals surface area contributed by atoms with Crippen LogP contribution in [-0.4, -0.2) is 22.3 Å². The zero-order valence-electron chi connectivity index (χ0n) is 18.1. The first-order valence-electron chi connectivity index (χ1n) is 11.3. The molecule has 6 heteroatoms. The first-order chi connectivity index (χ1) is 15.3. The number of nitrogens with one attached hydrogen (secondary N) is 1. The van der Waals surface area contributed by atoms with Gasteiger partial charge in [0.2, 0.25) is 0 Å². The summed E-state index contributed by atoms with van der Waals surface area (Å²) in [5.74, 6) is 0.320. The van der Waals surface area contributed by atoms with Crippen molar-refractivity contribution in [1.82, 2.24) is 4.98 Å². The fraction of sp³-hybridized carbons (Fsp3) is 0.385. The highest BCUT2D eigenvalue weighted by atomic mass is 35.5. The molecule has 2 saturated carbocycles. The van der Waals surface area contributed by atoms with E-state index >= 15 is 0 Å². The molecule has 0 aliphatic heterocycles. The van der Waals surface area contributed by atoms with Crippen molar-refractivity contribution in [2.75, 3.05) is 5.32 Å². The Kier molecular flexibility index (Phi) is 5.65. The Morgan fingerprint density at radius 1 is 1.03 bits per heavy atom. The van der Waals surface area contributed by atoms with Crippen molar-refractivity contribution < 1.29 is 4.79 Å². The van der Waals surface area contributed by atoms with Gasteiger partial charge in [-0.2, -0.15) is 0 Å². The number of hydrogen-bond donors (Lipinski definition) is 2. The summed E-state index contributed by atoms with van der Waals surface area (Å²) in [4.78, 5) is 17.8. The first kappa shape index (κ1) is 21.7. The lowest BCUT2D eigenvalue weighted by Gasteiger charge is -2.35. The normalized spacial score (nSPS) is 23.3. The van der Waals surface area contributed by atoms with Crippen LogP contribution in [0.1, 0.15) is 55.8 Å². The second-order valence-corrected chi connectivity index (χ2v) is 10.5. The molecule has 166 valence electrons. The number of halogens is 2. The molecule has 0 saturated heterocycles. The molecule has 0 atom stereocenters. The molecule has 2 fully saturated rings. The number of benzene rings is 2. The van der Waals surface area contributed by atoms with E-state index in [1.165, 1.54) is 0 Å². The van der Waals surface area contributed by atoms with Gasteiger partial charge in [-0.05, 0) is 86.9 Å². The standard InChI is InChI=1S/C26H27Cl2N3O/c1-26(29)8-6-20(7-9-26)31-24-21-12-16(17-10-18(27)13-19(28)11-17)4-5-23(21)30-14-22(24)25(32)15-2-3-15/h4-5,10-15,20H,2-3,6-9,29H2,1H3,(H,30,31). The number of nitrogens with two attached hydrogens (primary N) is 1. The predicted octanol–water partition coefficient (Wildman–Crippen LogP) is 6.87. The number of pyridine rings is 1. The van der Waals surface area contributed by atoms with Gasteiger partial charge in [-0.3, -0.25) is 9.78 Å². The fourth-order valence-corrected chi connectivity index (χ4v) is 5.15. The summed E-state index contributed by atoms with van der Waals surface area (Å²) in [5, 5.41) is 5.86. The fourth-order valence-electron chi connectivity index (χ4n) is 4.63. The van der Waals surface area contributed by atoms with Crippen molar-refractivity contribution >= 4 is 45.6 Å². The maximum atomic E-state index is 13.1. The maximum Gasteiger partial charge on any atom is 0.169 e. The van der Waals surface area contributed by atoms with Crippen LogP contribution in [0.25, 0.3) is 22.0 Å². The molecule has 4 nitrogen and oxygen atoms in total. The zero-order valence-corrected chi connectivity index (χ0v) is 19.6. The van der Waals surface area contributed by atoms with Gasteiger partial charge in [-0.15, -0.1) is 0 Å². The molecule has 2 aliphatic rings. The smallest absolute Gasteiger partial charge is 0.169 e. The predicted molar refractivity (Wildman–Crippen MR) is 133 cm³/mol. The van der Waals surface area contributed by atoms with E-state index < -0.39 is 0 Å². The van der Waals surface area contributed by atoms with Gasteiger partial charge in [0.15, 0.2) is 5.78 Å². The molecule has 0 bridgehead atoms. The molecule has 1 heterocycles. The molecule has 1 aromatic heterocycles. The Labute approximate surface area is 198 Å². The van der Waals surface area contributed by atoms with Gasteiger partial charge in [-0.1, -0.05) is 29.3 Å². The van der Waals surface area contributed by atoms with Crippen LogP contribution >= 0.6 is 23.2 Å². The summed E-state index contributed by atoms with van der Waals surface area (Å²) in [6, 6.07) is 11.9. The SMILES string of the molecule is CC1(N)CCC(Nc2c(C(=O)C3CC3)cnc3ccc(-c4cc(Cl)cc(Cl)c4)cc23)CC1. The molecule has 5 rings (SSSR count). The Balaban J connectivity index is 1.60. The number of carbonyl (C=O) groups is 1. The second-order valence-electron chi connectivity index (χ2n) is 9.65. The highest BCUT2D eigenvalue weighted by Crippen LogP contribution is 2.39. The number of ketones is 1. The van der Waals surface area contributed by atoms with Crippen LogP contribution in [0, 0.1) is 5.92 Å². The lowest BCUT2D eigenvalue weighted by molar-refractivity contribution is 0.0968. The van der Waals surface area contributed by atoms with Gasteiger partial charge in [0.05, 0.1) is 16.8 Å². The molecule has 32 heavy (non-hydrogen) atoms. The van der Waals surface area contributed by atoms with Gasteiger partial charge >= 0.3 is 0 Å².